The molecule has 0 radical (unpaired) electrons. The van der Waals surface area contributed by atoms with E-state index in [4.69, 9.17) is 0 Å². The van der Waals surface area contributed by atoms with E-state index in [1.807, 2.05) is 13.8 Å². The molecule has 0 spiro atoms. The number of carbonyl (C=O) groups is 1. The lowest BCUT2D eigenvalue weighted by Gasteiger charge is -2.14. The highest BCUT2D eigenvalue weighted by Crippen LogP contribution is 2.23. The molecule has 0 saturated carbocycles. The summed E-state index contributed by atoms with van der Waals surface area (Å²) in [5.74, 6) is -0.423. The van der Waals surface area contributed by atoms with Gasteiger partial charge in [0, 0.05) is 6.54 Å². The monoisotopic (exact) mass is 319 g/mol. The van der Waals surface area contributed by atoms with E-state index in [0.29, 0.717) is 17.9 Å². The smallest absolute Gasteiger partial charge is 0.406 e. The van der Waals surface area contributed by atoms with E-state index in [0.717, 1.165) is 6.07 Å². The number of nitrogens with one attached hydrogen (secondary N) is 1. The first-order valence-electron chi connectivity index (χ1n) is 6.95. The van der Waals surface area contributed by atoms with Gasteiger partial charge in [-0.25, -0.2) is 0 Å². The Hall–Kier alpha value is -1.76. The van der Waals surface area contributed by atoms with Gasteiger partial charge in [0.1, 0.15) is 5.75 Å². The molecule has 1 amide bonds. The number of aliphatic hydroxyl groups excluding tert-OH is 1. The van der Waals surface area contributed by atoms with Gasteiger partial charge in [-0.3, -0.25) is 4.79 Å². The number of amides is 1. The molecule has 0 saturated heterocycles. The maximum absolute atomic E-state index is 12.1. The van der Waals surface area contributed by atoms with Crippen LogP contribution in [0, 0.1) is 5.92 Å². The Morgan fingerprint density at radius 2 is 2.05 bits per heavy atom. The molecule has 4 nitrogen and oxygen atoms in total. The van der Waals surface area contributed by atoms with Crippen molar-refractivity contribution in [1.82, 2.24) is 5.32 Å². The van der Waals surface area contributed by atoms with Crippen LogP contribution in [0.15, 0.2) is 24.3 Å². The molecule has 0 aromatic heterocycles. The van der Waals surface area contributed by atoms with Crippen LogP contribution in [0.4, 0.5) is 13.2 Å². The van der Waals surface area contributed by atoms with Crippen molar-refractivity contribution < 1.29 is 27.8 Å². The molecule has 0 aliphatic rings. The van der Waals surface area contributed by atoms with Crippen molar-refractivity contribution in [3.63, 3.8) is 0 Å². The summed E-state index contributed by atoms with van der Waals surface area (Å²) in [5.41, 5.74) is 0.401. The predicted molar refractivity (Wildman–Crippen MR) is 75.3 cm³/mol. The van der Waals surface area contributed by atoms with Crippen LogP contribution in [0.25, 0.3) is 0 Å². The lowest BCUT2D eigenvalue weighted by Crippen LogP contribution is -2.33. The van der Waals surface area contributed by atoms with Gasteiger partial charge in [0.05, 0.1) is 12.5 Å². The zero-order valence-electron chi connectivity index (χ0n) is 12.5. The molecule has 0 fully saturated rings. The Labute approximate surface area is 127 Å². The van der Waals surface area contributed by atoms with Crippen LogP contribution in [-0.4, -0.2) is 30.0 Å². The van der Waals surface area contributed by atoms with Gasteiger partial charge < -0.3 is 15.2 Å². The number of halogens is 3. The fraction of sp³-hybridized carbons (Fsp3) is 0.533. The molecule has 1 rings (SSSR count). The maximum atomic E-state index is 12.1. The maximum Gasteiger partial charge on any atom is 0.573 e. The number of hydrogen-bond donors (Lipinski definition) is 2. The first kappa shape index (κ1) is 18.3. The quantitative estimate of drug-likeness (QED) is 0.812. The summed E-state index contributed by atoms with van der Waals surface area (Å²) in [6, 6.07) is 5.25. The highest BCUT2D eigenvalue weighted by molar-refractivity contribution is 5.78. The van der Waals surface area contributed by atoms with Crippen molar-refractivity contribution in [3.8, 4) is 5.75 Å². The minimum absolute atomic E-state index is 0.0799. The molecule has 0 aliphatic carbocycles. The number of carbonyl (C=O) groups excluding carboxylic acids is 1. The SMILES string of the molecule is CC(C)CC(O)CNC(=O)Cc1cccc(OC(F)(F)F)c1. The van der Waals surface area contributed by atoms with Gasteiger partial charge in [-0.05, 0) is 30.0 Å². The summed E-state index contributed by atoms with van der Waals surface area (Å²) >= 11 is 0. The lowest BCUT2D eigenvalue weighted by molar-refractivity contribution is -0.274. The molecule has 1 aromatic carbocycles. The van der Waals surface area contributed by atoms with Crippen molar-refractivity contribution >= 4 is 5.91 Å². The third-order valence-electron chi connectivity index (χ3n) is 2.78. The minimum Gasteiger partial charge on any atom is -0.406 e. The number of hydrogen-bond acceptors (Lipinski definition) is 3. The van der Waals surface area contributed by atoms with E-state index in [1.54, 1.807) is 0 Å². The van der Waals surface area contributed by atoms with Crippen LogP contribution < -0.4 is 10.1 Å². The van der Waals surface area contributed by atoms with Crippen LogP contribution in [0.2, 0.25) is 0 Å². The van der Waals surface area contributed by atoms with E-state index in [9.17, 15) is 23.1 Å². The van der Waals surface area contributed by atoms with Gasteiger partial charge in [0.15, 0.2) is 0 Å². The summed E-state index contributed by atoms with van der Waals surface area (Å²) < 4.78 is 40.2. The van der Waals surface area contributed by atoms with Gasteiger partial charge >= 0.3 is 6.36 Å². The second-order valence-electron chi connectivity index (χ2n) is 5.46. The molecule has 0 heterocycles. The van der Waals surface area contributed by atoms with E-state index >= 15 is 0 Å². The minimum atomic E-state index is -4.76. The molecule has 1 aromatic rings. The Bertz CT molecular complexity index is 489. The topological polar surface area (TPSA) is 58.6 Å². The molecule has 0 aliphatic heterocycles. The van der Waals surface area contributed by atoms with Crippen LogP contribution in [0.5, 0.6) is 5.75 Å². The van der Waals surface area contributed by atoms with Crippen LogP contribution in [0.3, 0.4) is 0 Å². The van der Waals surface area contributed by atoms with E-state index < -0.39 is 12.5 Å². The van der Waals surface area contributed by atoms with E-state index in [2.05, 4.69) is 10.1 Å². The van der Waals surface area contributed by atoms with Gasteiger partial charge in [-0.2, -0.15) is 0 Å². The molecule has 1 unspecified atom stereocenters. The largest absolute Gasteiger partial charge is 0.573 e. The fourth-order valence-electron chi connectivity index (χ4n) is 1.96. The second kappa shape index (κ2) is 8.03. The van der Waals surface area contributed by atoms with Crippen molar-refractivity contribution in [2.45, 2.75) is 39.2 Å². The third kappa shape index (κ3) is 7.87. The van der Waals surface area contributed by atoms with Gasteiger partial charge in [0.2, 0.25) is 5.91 Å². The molecular weight excluding hydrogens is 299 g/mol. The molecule has 7 heteroatoms. The molecule has 2 N–H and O–H groups in total. The fourth-order valence-corrected chi connectivity index (χ4v) is 1.96. The summed E-state index contributed by atoms with van der Waals surface area (Å²) in [6.07, 6.45) is -4.91. The summed E-state index contributed by atoms with van der Waals surface area (Å²) in [5, 5.41) is 12.2. The Kier molecular flexibility index (Phi) is 6.67. The van der Waals surface area contributed by atoms with Crippen LogP contribution in [-0.2, 0) is 11.2 Å². The van der Waals surface area contributed by atoms with Gasteiger partial charge in [0.25, 0.3) is 0 Å². The first-order chi connectivity index (χ1) is 10.2. The molecule has 124 valence electrons. The summed E-state index contributed by atoms with van der Waals surface area (Å²) in [4.78, 5) is 11.7. The average molecular weight is 319 g/mol. The van der Waals surface area contributed by atoms with Crippen LogP contribution in [0.1, 0.15) is 25.8 Å². The predicted octanol–water partition coefficient (Wildman–Crippen LogP) is 2.65. The Balaban J connectivity index is 2.49. The first-order valence-corrected chi connectivity index (χ1v) is 6.95. The Morgan fingerprint density at radius 3 is 2.64 bits per heavy atom. The van der Waals surface area contributed by atoms with E-state index in [1.165, 1.54) is 18.2 Å². The molecule has 1 atom stereocenters. The van der Waals surface area contributed by atoms with Gasteiger partial charge in [-0.15, -0.1) is 13.2 Å². The Morgan fingerprint density at radius 1 is 1.36 bits per heavy atom. The number of rotatable bonds is 7. The zero-order chi connectivity index (χ0) is 16.8. The lowest BCUT2D eigenvalue weighted by atomic mass is 10.1. The average Bonchev–Trinajstić information content (AvgIpc) is 2.34. The molecule has 0 bridgehead atoms. The van der Waals surface area contributed by atoms with Crippen molar-refractivity contribution in [3.05, 3.63) is 29.8 Å². The van der Waals surface area contributed by atoms with Crippen molar-refractivity contribution in [1.29, 1.82) is 0 Å². The standard InChI is InChI=1S/C15H20F3NO3/c1-10(2)6-12(20)9-19-14(21)8-11-4-3-5-13(7-11)22-15(16,17)18/h3-5,7,10,12,20H,6,8-9H2,1-2H3,(H,19,21). The van der Waals surface area contributed by atoms with Crippen molar-refractivity contribution in [2.75, 3.05) is 6.54 Å². The van der Waals surface area contributed by atoms with Crippen molar-refractivity contribution in [2.24, 2.45) is 5.92 Å². The molecule has 22 heavy (non-hydrogen) atoms. The zero-order valence-corrected chi connectivity index (χ0v) is 12.5. The highest BCUT2D eigenvalue weighted by atomic mass is 19.4. The van der Waals surface area contributed by atoms with Gasteiger partial charge in [-0.1, -0.05) is 26.0 Å². The molecular formula is C15H20F3NO3. The number of benzene rings is 1. The van der Waals surface area contributed by atoms with E-state index in [-0.39, 0.29) is 24.6 Å². The number of ether oxygens (including phenoxy) is 1. The second-order valence-corrected chi connectivity index (χ2v) is 5.46. The summed E-state index contributed by atoms with van der Waals surface area (Å²) in [6.45, 7) is 4.03. The van der Waals surface area contributed by atoms with Crippen LogP contribution >= 0.6 is 0 Å². The summed E-state index contributed by atoms with van der Waals surface area (Å²) in [7, 11) is 0. The number of alkyl halides is 3. The third-order valence-corrected chi connectivity index (χ3v) is 2.78. The normalized spacial score (nSPS) is 13.0. The highest BCUT2D eigenvalue weighted by Gasteiger charge is 2.31. The number of aliphatic hydroxyl groups is 1.